The van der Waals surface area contributed by atoms with Gasteiger partial charge in [-0.05, 0) is 60.7 Å². The third-order valence-electron chi connectivity index (χ3n) is 6.29. The molecule has 2 heterocycles. The number of fused-ring (bicyclic) bond motifs is 4. The van der Waals surface area contributed by atoms with Gasteiger partial charge in [-0.3, -0.25) is 0 Å². The van der Waals surface area contributed by atoms with Gasteiger partial charge >= 0.3 is 12.1 Å². The van der Waals surface area contributed by atoms with Crippen LogP contribution in [0.2, 0.25) is 10.0 Å². The van der Waals surface area contributed by atoms with Gasteiger partial charge in [0.05, 0.1) is 6.10 Å². The van der Waals surface area contributed by atoms with E-state index in [9.17, 15) is 18.3 Å². The maximum atomic E-state index is 10.6. The van der Waals surface area contributed by atoms with Crippen LogP contribution in [0.15, 0.2) is 41.4 Å². The highest BCUT2D eigenvalue weighted by atomic mass is 35.5. The Morgan fingerprint density at radius 1 is 1.11 bits per heavy atom. The summed E-state index contributed by atoms with van der Waals surface area (Å²) in [6.45, 7) is 0.350. The molecule has 188 valence electrons. The minimum Gasteiger partial charge on any atom is -0.490 e. The average Bonchev–Trinajstić information content (AvgIpc) is 3.16. The Labute approximate surface area is 208 Å². The maximum Gasteiger partial charge on any atom is 0.490 e. The van der Waals surface area contributed by atoms with Gasteiger partial charge in [0.25, 0.3) is 6.02 Å². The standard InChI is InChI=1S/C21H20Cl2N2O3.C2HF3O2/c22-13-5-12(6-14(23)8-13)11-1-3-18-16(7-11)21(10-27-20(24)25-21)17-9-15(26)2-4-19(17)28-18;3-2(4,5)1(6)7/h1,3,5-8,15,17,19,26H,2,4,9-10H2,(H2,24,25);(H,6,7)/t15-,17-,19-,21?;/m0./s1. The topological polar surface area (TPSA) is 114 Å². The molecule has 0 radical (unpaired) electrons. The zero-order chi connectivity index (χ0) is 25.5. The Balaban J connectivity index is 0.000000364. The monoisotopic (exact) mass is 532 g/mol. The van der Waals surface area contributed by atoms with Gasteiger partial charge in [0.1, 0.15) is 24.0 Å². The molecule has 1 unspecified atom stereocenters. The van der Waals surface area contributed by atoms with Crippen LogP contribution < -0.4 is 10.5 Å². The SMILES string of the molecule is NC1=NC2(CO1)c1cc(-c3cc(Cl)cc(Cl)c3)ccc1O[C@H]1CC[C@H](O)C[C@@H]12.O=C(O)C(F)(F)F. The second kappa shape index (κ2) is 9.40. The highest BCUT2D eigenvalue weighted by Crippen LogP contribution is 2.53. The van der Waals surface area contributed by atoms with Crippen LogP contribution in [0.3, 0.4) is 0 Å². The van der Waals surface area contributed by atoms with Crippen LogP contribution in [0, 0.1) is 5.92 Å². The van der Waals surface area contributed by atoms with E-state index < -0.39 is 17.7 Å². The molecule has 0 saturated heterocycles. The molecule has 2 aromatic carbocycles. The van der Waals surface area contributed by atoms with Gasteiger partial charge in [-0.2, -0.15) is 13.2 Å². The molecule has 4 atom stereocenters. The number of aliphatic imine (C=N–C) groups is 1. The molecule has 12 heteroatoms. The van der Waals surface area contributed by atoms with Gasteiger partial charge in [0.2, 0.25) is 0 Å². The van der Waals surface area contributed by atoms with Crippen molar-refractivity contribution in [1.82, 2.24) is 0 Å². The number of hydrogen-bond acceptors (Lipinski definition) is 6. The molecule has 7 nitrogen and oxygen atoms in total. The summed E-state index contributed by atoms with van der Waals surface area (Å²) >= 11 is 12.4. The van der Waals surface area contributed by atoms with Crippen LogP contribution in [-0.4, -0.2) is 47.2 Å². The van der Waals surface area contributed by atoms with Gasteiger partial charge in [-0.25, -0.2) is 9.79 Å². The van der Waals surface area contributed by atoms with E-state index in [-0.39, 0.29) is 24.1 Å². The predicted octanol–water partition coefficient (Wildman–Crippen LogP) is 4.76. The fourth-order valence-electron chi connectivity index (χ4n) is 4.77. The second-order valence-electron chi connectivity index (χ2n) is 8.56. The molecule has 0 amide bonds. The zero-order valence-corrected chi connectivity index (χ0v) is 19.6. The second-order valence-corrected chi connectivity index (χ2v) is 9.44. The van der Waals surface area contributed by atoms with Crippen LogP contribution in [0.25, 0.3) is 11.1 Å². The van der Waals surface area contributed by atoms with Crippen LogP contribution >= 0.6 is 23.2 Å². The summed E-state index contributed by atoms with van der Waals surface area (Å²) < 4.78 is 43.7. The molecule has 1 aliphatic carbocycles. The number of aliphatic carboxylic acids is 1. The van der Waals surface area contributed by atoms with E-state index in [0.717, 1.165) is 35.3 Å². The summed E-state index contributed by atoms with van der Waals surface area (Å²) in [7, 11) is 0. The fraction of sp³-hybridized carbons (Fsp3) is 0.391. The largest absolute Gasteiger partial charge is 0.490 e. The summed E-state index contributed by atoms with van der Waals surface area (Å²) in [4.78, 5) is 13.6. The van der Waals surface area contributed by atoms with Crippen molar-refractivity contribution in [2.75, 3.05) is 6.61 Å². The van der Waals surface area contributed by atoms with E-state index in [2.05, 4.69) is 6.07 Å². The first-order valence-electron chi connectivity index (χ1n) is 10.6. The van der Waals surface area contributed by atoms with Gasteiger partial charge in [0, 0.05) is 21.5 Å². The number of aliphatic hydroxyl groups excluding tert-OH is 1. The lowest BCUT2D eigenvalue weighted by molar-refractivity contribution is -0.192. The Morgan fingerprint density at radius 2 is 1.77 bits per heavy atom. The molecule has 4 N–H and O–H groups in total. The predicted molar refractivity (Wildman–Crippen MR) is 123 cm³/mol. The average molecular weight is 533 g/mol. The van der Waals surface area contributed by atoms with E-state index >= 15 is 0 Å². The van der Waals surface area contributed by atoms with Crippen LogP contribution in [-0.2, 0) is 15.1 Å². The highest BCUT2D eigenvalue weighted by Gasteiger charge is 2.55. The molecular formula is C23H21Cl2F3N2O5. The van der Waals surface area contributed by atoms with E-state index in [0.29, 0.717) is 23.1 Å². The number of benzene rings is 2. The van der Waals surface area contributed by atoms with Crippen molar-refractivity contribution in [2.24, 2.45) is 16.6 Å². The summed E-state index contributed by atoms with van der Waals surface area (Å²) in [5.74, 6) is -1.97. The Hall–Kier alpha value is -2.69. The van der Waals surface area contributed by atoms with Crippen molar-refractivity contribution in [3.63, 3.8) is 0 Å². The third-order valence-corrected chi connectivity index (χ3v) is 6.72. The normalized spacial score (nSPS) is 26.9. The number of carboxylic acid groups (broad SMARTS) is 1. The Morgan fingerprint density at radius 3 is 2.34 bits per heavy atom. The molecule has 1 spiro atoms. The van der Waals surface area contributed by atoms with Crippen molar-refractivity contribution < 1.29 is 37.7 Å². The lowest BCUT2D eigenvalue weighted by Gasteiger charge is -2.47. The number of aliphatic hydroxyl groups is 1. The molecular weight excluding hydrogens is 512 g/mol. The quantitative estimate of drug-likeness (QED) is 0.488. The van der Waals surface area contributed by atoms with Crippen LogP contribution in [0.5, 0.6) is 5.75 Å². The number of hydrogen-bond donors (Lipinski definition) is 3. The molecule has 0 bridgehead atoms. The molecule has 35 heavy (non-hydrogen) atoms. The Bertz CT molecular complexity index is 1160. The van der Waals surface area contributed by atoms with Crippen molar-refractivity contribution in [3.8, 4) is 16.9 Å². The smallest absolute Gasteiger partial charge is 0.490 e. The molecule has 1 saturated carbocycles. The van der Waals surface area contributed by atoms with Gasteiger partial charge in [0.15, 0.2) is 0 Å². The summed E-state index contributed by atoms with van der Waals surface area (Å²) in [6.07, 6.45) is -3.34. The zero-order valence-electron chi connectivity index (χ0n) is 18.1. The lowest BCUT2D eigenvalue weighted by atomic mass is 9.67. The van der Waals surface area contributed by atoms with Crippen molar-refractivity contribution in [1.29, 1.82) is 0 Å². The van der Waals surface area contributed by atoms with Crippen molar-refractivity contribution in [2.45, 2.75) is 43.2 Å². The number of carbonyl (C=O) groups is 1. The van der Waals surface area contributed by atoms with Crippen molar-refractivity contribution in [3.05, 3.63) is 52.0 Å². The minimum atomic E-state index is -5.08. The lowest BCUT2D eigenvalue weighted by Crippen LogP contribution is -2.51. The number of carboxylic acids is 1. The summed E-state index contributed by atoms with van der Waals surface area (Å²) in [6, 6.07) is 11.7. The molecule has 2 aromatic rings. The minimum absolute atomic E-state index is 0.00278. The third kappa shape index (κ3) is 5.14. The van der Waals surface area contributed by atoms with E-state index in [1.807, 2.05) is 24.3 Å². The number of halogens is 5. The first-order chi connectivity index (χ1) is 16.4. The molecule has 0 aromatic heterocycles. The molecule has 1 fully saturated rings. The summed E-state index contributed by atoms with van der Waals surface area (Å²) in [5.41, 5.74) is 8.08. The fourth-order valence-corrected chi connectivity index (χ4v) is 5.30. The van der Waals surface area contributed by atoms with E-state index in [4.69, 9.17) is 53.3 Å². The number of ether oxygens (including phenoxy) is 2. The van der Waals surface area contributed by atoms with Crippen LogP contribution in [0.4, 0.5) is 13.2 Å². The number of alkyl halides is 3. The molecule has 3 aliphatic rings. The van der Waals surface area contributed by atoms with E-state index in [1.165, 1.54) is 0 Å². The van der Waals surface area contributed by atoms with Crippen molar-refractivity contribution >= 4 is 35.2 Å². The van der Waals surface area contributed by atoms with E-state index in [1.54, 1.807) is 6.07 Å². The first-order valence-corrected chi connectivity index (χ1v) is 11.4. The molecule has 5 rings (SSSR count). The maximum absolute atomic E-state index is 10.6. The van der Waals surface area contributed by atoms with Gasteiger partial charge < -0.3 is 25.4 Å². The molecule has 2 aliphatic heterocycles. The number of amidine groups is 1. The van der Waals surface area contributed by atoms with Gasteiger partial charge in [-0.15, -0.1) is 0 Å². The number of nitrogens with zero attached hydrogens (tertiary/aromatic N) is 1. The summed E-state index contributed by atoms with van der Waals surface area (Å²) in [5, 5.41) is 18.6. The Kier molecular flexibility index (Phi) is 6.82. The highest BCUT2D eigenvalue weighted by molar-refractivity contribution is 6.35. The van der Waals surface area contributed by atoms with Gasteiger partial charge in [-0.1, -0.05) is 29.3 Å². The van der Waals surface area contributed by atoms with Crippen LogP contribution in [0.1, 0.15) is 24.8 Å². The number of rotatable bonds is 1. The number of nitrogens with two attached hydrogens (primary N) is 1. The first kappa shape index (κ1) is 25.4.